The largest absolute Gasteiger partial charge is 0.508 e. The number of primary amides is 2. The van der Waals surface area contributed by atoms with Gasteiger partial charge in [-0.1, -0.05) is 145 Å². The standard InChI is InChI=1S/C65H74N12O11S2/c1-35(2)69-31-40-14-12-38(13-15-40)28-52-60(83)76-55(36(3)78)64(87)75-54(62(85)71-50(58(68)81)30-41-18-21-42-8-4-5-9-44(42)26-41)34-90-89-33-53(74-59(82)48(66)27-37-16-22-43(23-17-37)57(67)80)63(86)72-51(29-39-19-24-45(79)25-20-39)61(84)77-56(65(88)73-52)47-32-70-49-11-7-6-10-46(47)49/h4-26,32,35-36,48,50-56,69-70,78-79H,27-31,33-34,66H2,1-3H3,(H2,67,80)(H2,68,81)(H,71,85)(H,72,86)(H,73,88)(H,74,82)(H,75,87)(H,76,83)(H,77,84)/t36-,48-,50-,51-,52-,53+,54-,55-,56+/m0/s1. The molecule has 2 heterocycles. The number of carbonyl (C=O) groups excluding carboxylic acids is 9. The molecule has 9 amide bonds. The smallest absolute Gasteiger partial charge is 0.248 e. The van der Waals surface area contributed by atoms with Crippen molar-refractivity contribution in [2.24, 2.45) is 17.2 Å². The number of benzene rings is 6. The number of nitrogens with one attached hydrogen (secondary N) is 9. The molecule has 1 aliphatic rings. The summed E-state index contributed by atoms with van der Waals surface area (Å²) >= 11 is 0. The number of hydrogen-bond acceptors (Lipinski definition) is 15. The van der Waals surface area contributed by atoms with Crippen LogP contribution in [0.15, 0.2) is 146 Å². The first kappa shape index (κ1) is 66.7. The van der Waals surface area contributed by atoms with Gasteiger partial charge in [0.2, 0.25) is 53.2 Å². The molecule has 25 heteroatoms. The van der Waals surface area contributed by atoms with Gasteiger partial charge >= 0.3 is 0 Å². The molecule has 1 saturated heterocycles. The van der Waals surface area contributed by atoms with E-state index in [-0.39, 0.29) is 60.1 Å². The maximum Gasteiger partial charge on any atom is 0.248 e. The molecule has 472 valence electrons. The van der Waals surface area contributed by atoms with E-state index in [1.807, 2.05) is 62.4 Å². The molecule has 0 aliphatic carbocycles. The van der Waals surface area contributed by atoms with E-state index in [1.54, 1.807) is 54.6 Å². The van der Waals surface area contributed by atoms with Crippen LogP contribution in [-0.2, 0) is 70.6 Å². The number of aliphatic hydroxyl groups excluding tert-OH is 1. The number of carbonyl (C=O) groups is 9. The first-order valence-electron chi connectivity index (χ1n) is 29.2. The average Bonchev–Trinajstić information content (AvgIpc) is 1.99. The molecule has 9 atom stereocenters. The summed E-state index contributed by atoms with van der Waals surface area (Å²) in [6.45, 7) is 5.79. The Morgan fingerprint density at radius 1 is 0.622 bits per heavy atom. The predicted molar refractivity (Wildman–Crippen MR) is 345 cm³/mol. The van der Waals surface area contributed by atoms with E-state index < -0.39 is 108 Å². The van der Waals surface area contributed by atoms with E-state index in [0.717, 1.165) is 37.9 Å². The number of rotatable bonds is 19. The van der Waals surface area contributed by atoms with Gasteiger partial charge in [0.1, 0.15) is 48.0 Å². The summed E-state index contributed by atoms with van der Waals surface area (Å²) in [7, 11) is 1.94. The van der Waals surface area contributed by atoms with Crippen molar-refractivity contribution < 1.29 is 53.4 Å². The van der Waals surface area contributed by atoms with E-state index in [1.165, 1.54) is 49.5 Å². The summed E-state index contributed by atoms with van der Waals surface area (Å²) in [5.41, 5.74) is 22.0. The molecule has 90 heavy (non-hydrogen) atoms. The highest BCUT2D eigenvalue weighted by Crippen LogP contribution is 2.27. The number of para-hydroxylation sites is 1. The SMILES string of the molecule is CC(C)NCc1ccc(C[C@@H]2NC(=O)[C@@H](c3c[nH]c4ccccc34)NC(=O)[C@H](Cc3ccc(O)cc3)NC(=O)[C@H](NC(=O)[C@@H](N)Cc3ccc(C(N)=O)cc3)CSSC[C@@H](C(=O)N[C@@H](Cc3ccc4ccccc4c3)C(N)=O)NC(=O)[C@H]([C@H](C)O)NC2=O)cc1. The number of aromatic hydroxyl groups is 1. The van der Waals surface area contributed by atoms with Crippen LogP contribution in [0.25, 0.3) is 21.7 Å². The highest BCUT2D eigenvalue weighted by molar-refractivity contribution is 8.76. The van der Waals surface area contributed by atoms with Crippen LogP contribution >= 0.6 is 21.6 Å². The van der Waals surface area contributed by atoms with Crippen LogP contribution in [-0.4, -0.2) is 134 Å². The number of phenols is 1. The summed E-state index contributed by atoms with van der Waals surface area (Å²) < 4.78 is 0. The zero-order chi connectivity index (χ0) is 64.6. The molecule has 0 spiro atoms. The van der Waals surface area contributed by atoms with Crippen LogP contribution in [0.3, 0.4) is 0 Å². The van der Waals surface area contributed by atoms with Crippen LogP contribution < -0.4 is 59.7 Å². The van der Waals surface area contributed by atoms with Gasteiger partial charge in [-0.05, 0) is 82.3 Å². The first-order valence-corrected chi connectivity index (χ1v) is 31.7. The van der Waals surface area contributed by atoms with Crippen molar-refractivity contribution in [3.63, 3.8) is 0 Å². The quantitative estimate of drug-likeness (QED) is 0.0517. The number of fused-ring (bicyclic) bond motifs is 2. The highest BCUT2D eigenvalue weighted by atomic mass is 33.1. The minimum absolute atomic E-state index is 0.0459. The highest BCUT2D eigenvalue weighted by Gasteiger charge is 2.38. The lowest BCUT2D eigenvalue weighted by atomic mass is 9.99. The minimum Gasteiger partial charge on any atom is -0.508 e. The minimum atomic E-state index is -1.78. The average molecular weight is 1260 g/mol. The van der Waals surface area contributed by atoms with E-state index in [4.69, 9.17) is 17.2 Å². The van der Waals surface area contributed by atoms with Gasteiger partial charge in [-0.2, -0.15) is 0 Å². The number of amides is 9. The molecule has 0 unspecified atom stereocenters. The number of nitrogens with two attached hydrogens (primary N) is 3. The molecule has 1 aromatic heterocycles. The Labute approximate surface area is 527 Å². The van der Waals surface area contributed by atoms with Gasteiger partial charge in [0.25, 0.3) is 0 Å². The van der Waals surface area contributed by atoms with E-state index >= 15 is 9.59 Å². The maximum atomic E-state index is 15.3. The molecular weight excluding hydrogens is 1190 g/mol. The Kier molecular flexibility index (Phi) is 23.2. The Hall–Kier alpha value is -9.27. The zero-order valence-corrected chi connectivity index (χ0v) is 51.3. The fraction of sp³-hybridized carbons (Fsp3) is 0.308. The molecule has 23 nitrogen and oxygen atoms in total. The predicted octanol–water partition coefficient (Wildman–Crippen LogP) is 2.25. The third kappa shape index (κ3) is 18.4. The van der Waals surface area contributed by atoms with Crippen LogP contribution in [0.5, 0.6) is 5.75 Å². The number of aromatic nitrogens is 1. The molecule has 17 N–H and O–H groups in total. The summed E-state index contributed by atoms with van der Waals surface area (Å²) in [6, 6.07) is 27.4. The van der Waals surface area contributed by atoms with Gasteiger partial charge in [0.05, 0.1) is 12.1 Å². The van der Waals surface area contributed by atoms with Crippen molar-refractivity contribution in [1.29, 1.82) is 0 Å². The summed E-state index contributed by atoms with van der Waals surface area (Å²) in [4.78, 5) is 132. The van der Waals surface area contributed by atoms with Crippen molar-refractivity contribution >= 4 is 96.4 Å². The van der Waals surface area contributed by atoms with Crippen LogP contribution in [0, 0.1) is 0 Å². The molecule has 8 rings (SSSR count). The van der Waals surface area contributed by atoms with Crippen molar-refractivity contribution in [1.82, 2.24) is 47.5 Å². The van der Waals surface area contributed by atoms with E-state index in [0.29, 0.717) is 39.7 Å². The lowest BCUT2D eigenvalue weighted by Crippen LogP contribution is -2.62. The van der Waals surface area contributed by atoms with E-state index in [9.17, 15) is 43.8 Å². The van der Waals surface area contributed by atoms with E-state index in [2.05, 4.69) is 47.5 Å². The van der Waals surface area contributed by atoms with Crippen LogP contribution in [0.4, 0.5) is 0 Å². The molecule has 1 aliphatic heterocycles. The second-order valence-electron chi connectivity index (χ2n) is 22.4. The maximum absolute atomic E-state index is 15.3. The van der Waals surface area contributed by atoms with Gasteiger partial charge in [-0.15, -0.1) is 0 Å². The molecule has 1 fully saturated rings. The monoisotopic (exact) mass is 1260 g/mol. The van der Waals surface area contributed by atoms with Crippen molar-refractivity contribution in [3.05, 3.63) is 185 Å². The number of H-pyrrole nitrogens is 1. The Bertz CT molecular complexity index is 3720. The molecule has 0 radical (unpaired) electrons. The summed E-state index contributed by atoms with van der Waals surface area (Å²) in [5, 5.41) is 46.3. The van der Waals surface area contributed by atoms with Crippen LogP contribution in [0.1, 0.15) is 70.6 Å². The second-order valence-corrected chi connectivity index (χ2v) is 25.0. The van der Waals surface area contributed by atoms with Gasteiger partial charge in [0.15, 0.2) is 0 Å². The second kappa shape index (κ2) is 31.3. The molecular formula is C65H74N12O11S2. The molecule has 6 aromatic carbocycles. The fourth-order valence-corrected chi connectivity index (χ4v) is 12.4. The lowest BCUT2D eigenvalue weighted by molar-refractivity contribution is -0.136. The third-order valence-corrected chi connectivity index (χ3v) is 17.5. The molecule has 0 saturated carbocycles. The first-order chi connectivity index (χ1) is 43.1. The van der Waals surface area contributed by atoms with Crippen molar-refractivity contribution in [3.8, 4) is 5.75 Å². The van der Waals surface area contributed by atoms with Gasteiger partial charge in [-0.25, -0.2) is 0 Å². The van der Waals surface area contributed by atoms with Crippen LogP contribution in [0.2, 0.25) is 0 Å². The normalized spacial score (nSPS) is 20.1. The summed E-state index contributed by atoms with van der Waals surface area (Å²) in [5.74, 6) is -8.54. The number of phenolic OH excluding ortho intramolecular Hbond substituents is 1. The van der Waals surface area contributed by atoms with Crippen molar-refractivity contribution in [2.75, 3.05) is 11.5 Å². The number of aliphatic hydroxyl groups is 1. The Balaban J connectivity index is 1.18. The number of hydrogen-bond donors (Lipinski definition) is 14. The zero-order valence-electron chi connectivity index (χ0n) is 49.7. The van der Waals surface area contributed by atoms with Gasteiger partial charge < -0.3 is 74.9 Å². The topological polar surface area (TPSA) is 384 Å². The van der Waals surface area contributed by atoms with Gasteiger partial charge in [-0.3, -0.25) is 43.2 Å². The molecule has 0 bridgehead atoms. The fourth-order valence-electron chi connectivity index (χ4n) is 10.1. The third-order valence-electron chi connectivity index (χ3n) is 15.1. The van der Waals surface area contributed by atoms with Gasteiger partial charge in [0, 0.05) is 71.6 Å². The summed E-state index contributed by atoms with van der Waals surface area (Å²) in [6.07, 6.45) is -0.602. The molecule has 7 aromatic rings. The Morgan fingerprint density at radius 3 is 1.87 bits per heavy atom. The Morgan fingerprint density at radius 2 is 1.21 bits per heavy atom. The van der Waals surface area contributed by atoms with Crippen molar-refractivity contribution in [2.45, 2.75) is 113 Å². The lowest BCUT2D eigenvalue weighted by Gasteiger charge is -2.29. The number of aromatic amines is 1.